The Morgan fingerprint density at radius 2 is 2.56 bits per heavy atom. The highest BCUT2D eigenvalue weighted by molar-refractivity contribution is 5.72. The monoisotopic (exact) mass is 120 g/mol. The molecular formula is C6H4N2O. The van der Waals surface area contributed by atoms with E-state index < -0.39 is 0 Å². The highest BCUT2D eigenvalue weighted by Gasteiger charge is 1.89. The molecule has 0 N–H and O–H groups in total. The van der Waals surface area contributed by atoms with E-state index in [-0.39, 0.29) is 0 Å². The van der Waals surface area contributed by atoms with Gasteiger partial charge in [-0.2, -0.15) is 5.26 Å². The summed E-state index contributed by atoms with van der Waals surface area (Å²) in [6.07, 6.45) is 6.03. The minimum Gasteiger partial charge on any atom is -0.363 e. The Hall–Kier alpha value is -1.56. The quantitative estimate of drug-likeness (QED) is 0.478. The van der Waals surface area contributed by atoms with Crippen molar-refractivity contribution in [2.24, 2.45) is 5.16 Å². The van der Waals surface area contributed by atoms with Crippen LogP contribution in [0.3, 0.4) is 0 Å². The lowest BCUT2D eigenvalue weighted by Gasteiger charge is -1.82. The number of nitriles is 1. The average molecular weight is 120 g/mol. The van der Waals surface area contributed by atoms with E-state index in [2.05, 4.69) is 9.99 Å². The number of hydrogen-bond donors (Lipinski definition) is 0. The van der Waals surface area contributed by atoms with Gasteiger partial charge in [-0.1, -0.05) is 5.16 Å². The summed E-state index contributed by atoms with van der Waals surface area (Å²) in [5.41, 5.74) is 0.465. The Bertz CT molecular complexity index is 220. The lowest BCUT2D eigenvalue weighted by atomic mass is 10.3. The molecule has 0 aromatic carbocycles. The van der Waals surface area contributed by atoms with Crippen LogP contribution in [0.5, 0.6) is 0 Å². The van der Waals surface area contributed by atoms with E-state index >= 15 is 0 Å². The van der Waals surface area contributed by atoms with Gasteiger partial charge in [0.25, 0.3) is 0 Å². The highest BCUT2D eigenvalue weighted by atomic mass is 16.6. The predicted octanol–water partition coefficient (Wildman–Crippen LogP) is 0.966. The van der Waals surface area contributed by atoms with Crippen molar-refractivity contribution in [1.82, 2.24) is 0 Å². The number of allylic oxidation sites excluding steroid dienone is 3. The van der Waals surface area contributed by atoms with Crippen LogP contribution in [0.2, 0.25) is 0 Å². The van der Waals surface area contributed by atoms with Crippen LogP contribution < -0.4 is 0 Å². The summed E-state index contributed by atoms with van der Waals surface area (Å²) >= 11 is 0. The first-order valence-electron chi connectivity index (χ1n) is 2.39. The molecule has 0 aromatic heterocycles. The lowest BCUT2D eigenvalue weighted by Crippen LogP contribution is -1.69. The van der Waals surface area contributed by atoms with E-state index in [1.54, 1.807) is 12.2 Å². The summed E-state index contributed by atoms with van der Waals surface area (Å²) in [7, 11) is 0. The van der Waals surface area contributed by atoms with Gasteiger partial charge in [-0.25, -0.2) is 0 Å². The molecule has 3 heteroatoms. The van der Waals surface area contributed by atoms with Crippen LogP contribution in [0.4, 0.5) is 0 Å². The SMILES string of the molecule is N#CC1=CON=CC=C1. The largest absolute Gasteiger partial charge is 0.363 e. The molecule has 1 rings (SSSR count). The van der Waals surface area contributed by atoms with Crippen LogP contribution in [-0.2, 0) is 4.84 Å². The summed E-state index contributed by atoms with van der Waals surface area (Å²) < 4.78 is 0. The van der Waals surface area contributed by atoms with E-state index in [0.29, 0.717) is 5.57 Å². The zero-order valence-corrected chi connectivity index (χ0v) is 4.61. The zero-order valence-electron chi connectivity index (χ0n) is 4.61. The van der Waals surface area contributed by atoms with Gasteiger partial charge in [-0.05, 0) is 12.2 Å². The Balaban J connectivity index is 2.78. The van der Waals surface area contributed by atoms with Gasteiger partial charge < -0.3 is 4.84 Å². The predicted molar refractivity (Wildman–Crippen MR) is 32.4 cm³/mol. The summed E-state index contributed by atoms with van der Waals surface area (Å²) in [5, 5.41) is 11.7. The molecule has 0 saturated carbocycles. The third-order valence-corrected chi connectivity index (χ3v) is 0.792. The van der Waals surface area contributed by atoms with Gasteiger partial charge in [0.2, 0.25) is 0 Å². The molecule has 0 fully saturated rings. The number of oxime groups is 1. The smallest absolute Gasteiger partial charge is 0.139 e. The Kier molecular flexibility index (Phi) is 1.66. The number of nitrogens with zero attached hydrogens (tertiary/aromatic N) is 2. The van der Waals surface area contributed by atoms with Crippen molar-refractivity contribution in [2.45, 2.75) is 0 Å². The summed E-state index contributed by atoms with van der Waals surface area (Å²) in [4.78, 5) is 4.52. The Morgan fingerprint density at radius 1 is 1.67 bits per heavy atom. The lowest BCUT2D eigenvalue weighted by molar-refractivity contribution is 0.270. The van der Waals surface area contributed by atoms with Crippen LogP contribution in [0.1, 0.15) is 0 Å². The van der Waals surface area contributed by atoms with Gasteiger partial charge in [0, 0.05) is 0 Å². The first kappa shape index (κ1) is 5.57. The molecule has 3 nitrogen and oxygen atoms in total. The molecule has 1 aliphatic rings. The maximum absolute atomic E-state index is 8.31. The van der Waals surface area contributed by atoms with Crippen LogP contribution in [0, 0.1) is 11.3 Å². The minimum atomic E-state index is 0.465. The van der Waals surface area contributed by atoms with Crippen LogP contribution in [0.15, 0.2) is 29.1 Å². The van der Waals surface area contributed by atoms with Gasteiger partial charge in [-0.3, -0.25) is 0 Å². The third-order valence-electron chi connectivity index (χ3n) is 0.792. The van der Waals surface area contributed by atoms with Crippen molar-refractivity contribution in [1.29, 1.82) is 5.26 Å². The molecule has 0 aromatic rings. The normalized spacial score (nSPS) is 15.2. The molecular weight excluding hydrogens is 116 g/mol. The van der Waals surface area contributed by atoms with Gasteiger partial charge in [0.15, 0.2) is 0 Å². The van der Waals surface area contributed by atoms with Gasteiger partial charge in [0.05, 0.1) is 11.8 Å². The molecule has 0 radical (unpaired) electrons. The molecule has 0 amide bonds. The molecule has 0 saturated heterocycles. The minimum absolute atomic E-state index is 0.465. The van der Waals surface area contributed by atoms with Crippen LogP contribution >= 0.6 is 0 Å². The second-order valence-corrected chi connectivity index (χ2v) is 1.40. The maximum atomic E-state index is 8.31. The fourth-order valence-corrected chi connectivity index (χ4v) is 0.407. The second-order valence-electron chi connectivity index (χ2n) is 1.40. The van der Waals surface area contributed by atoms with Gasteiger partial charge >= 0.3 is 0 Å². The molecule has 0 atom stereocenters. The van der Waals surface area contributed by atoms with Crippen molar-refractivity contribution in [3.63, 3.8) is 0 Å². The Morgan fingerprint density at radius 3 is 3.33 bits per heavy atom. The van der Waals surface area contributed by atoms with Crippen molar-refractivity contribution in [3.8, 4) is 6.07 Å². The molecule has 0 unspecified atom stereocenters. The fourth-order valence-electron chi connectivity index (χ4n) is 0.407. The highest BCUT2D eigenvalue weighted by Crippen LogP contribution is 1.97. The third kappa shape index (κ3) is 1.42. The Labute approximate surface area is 52.5 Å². The number of hydrogen-bond acceptors (Lipinski definition) is 3. The van der Waals surface area contributed by atoms with E-state index in [0.717, 1.165) is 0 Å². The molecule has 0 bridgehead atoms. The summed E-state index contributed by atoms with van der Waals surface area (Å²) in [5.74, 6) is 0. The molecule has 1 heterocycles. The van der Waals surface area contributed by atoms with Gasteiger partial charge in [0.1, 0.15) is 12.3 Å². The molecule has 0 spiro atoms. The standard InChI is InChI=1S/C6H4N2O/c7-4-6-2-1-3-8-9-5-6/h1-3,5H. The molecule has 9 heavy (non-hydrogen) atoms. The van der Waals surface area contributed by atoms with E-state index in [9.17, 15) is 0 Å². The van der Waals surface area contributed by atoms with Crippen molar-refractivity contribution >= 4 is 6.21 Å². The zero-order chi connectivity index (χ0) is 6.53. The summed E-state index contributed by atoms with van der Waals surface area (Å²) in [6.45, 7) is 0. The van der Waals surface area contributed by atoms with Crippen LogP contribution in [0.25, 0.3) is 0 Å². The number of rotatable bonds is 0. The van der Waals surface area contributed by atoms with Gasteiger partial charge in [-0.15, -0.1) is 0 Å². The average Bonchev–Trinajstić information content (AvgIpc) is 2.13. The molecule has 1 aliphatic heterocycles. The molecule has 44 valence electrons. The van der Waals surface area contributed by atoms with Crippen molar-refractivity contribution in [2.75, 3.05) is 0 Å². The fraction of sp³-hybridized carbons (Fsp3) is 0. The molecule has 0 aliphatic carbocycles. The van der Waals surface area contributed by atoms with E-state index in [1.165, 1.54) is 12.5 Å². The first-order valence-corrected chi connectivity index (χ1v) is 2.39. The second kappa shape index (κ2) is 2.68. The van der Waals surface area contributed by atoms with E-state index in [1.807, 2.05) is 6.07 Å². The summed E-state index contributed by atoms with van der Waals surface area (Å²) in [6, 6.07) is 1.91. The topological polar surface area (TPSA) is 45.4 Å². The maximum Gasteiger partial charge on any atom is 0.139 e. The van der Waals surface area contributed by atoms with Crippen molar-refractivity contribution in [3.05, 3.63) is 24.0 Å². The van der Waals surface area contributed by atoms with Crippen LogP contribution in [-0.4, -0.2) is 6.21 Å². The first-order chi connectivity index (χ1) is 4.43. The van der Waals surface area contributed by atoms with E-state index in [4.69, 9.17) is 5.26 Å². The van der Waals surface area contributed by atoms with Crippen molar-refractivity contribution < 1.29 is 4.84 Å².